The molecule has 0 heterocycles. The first-order valence-electron chi connectivity index (χ1n) is 6.34. The molecule has 0 saturated heterocycles. The van der Waals surface area contributed by atoms with Gasteiger partial charge in [-0.3, -0.25) is 0 Å². The van der Waals surface area contributed by atoms with Crippen molar-refractivity contribution >= 4 is 46.4 Å². The Morgan fingerprint density at radius 3 is 1.95 bits per heavy atom. The van der Waals surface area contributed by atoms with Crippen molar-refractivity contribution in [3.8, 4) is 0 Å². The first-order valence-corrected chi connectivity index (χ1v) is 8.16. The summed E-state index contributed by atoms with van der Waals surface area (Å²) in [4.78, 5) is 0. The normalized spacial score (nSPS) is 11.7. The van der Waals surface area contributed by atoms with E-state index in [0.717, 1.165) is 5.56 Å². The van der Waals surface area contributed by atoms with Crippen LogP contribution in [0.25, 0.3) is 0 Å². The van der Waals surface area contributed by atoms with Gasteiger partial charge in [-0.15, -0.1) is 23.2 Å². The summed E-state index contributed by atoms with van der Waals surface area (Å²) in [7, 11) is 0. The van der Waals surface area contributed by atoms with Crippen molar-refractivity contribution < 1.29 is 4.39 Å². The third-order valence-corrected chi connectivity index (χ3v) is 5.27. The van der Waals surface area contributed by atoms with Crippen LogP contribution in [0.5, 0.6) is 0 Å². The number of rotatable bonds is 5. The molecule has 0 atom stereocenters. The topological polar surface area (TPSA) is 0 Å². The van der Waals surface area contributed by atoms with Gasteiger partial charge >= 0.3 is 0 Å². The number of hydrogen-bond acceptors (Lipinski definition) is 0. The van der Waals surface area contributed by atoms with E-state index < -0.39 is 5.41 Å². The molecule has 112 valence electrons. The Balaban J connectivity index is 2.51. The molecule has 2 rings (SSSR count). The van der Waals surface area contributed by atoms with Gasteiger partial charge in [0.05, 0.1) is 0 Å². The largest absolute Gasteiger partial charge is 0.207 e. The van der Waals surface area contributed by atoms with Gasteiger partial charge in [0, 0.05) is 27.2 Å². The highest BCUT2D eigenvalue weighted by atomic mass is 35.5. The molecule has 0 aliphatic carbocycles. The third-order valence-electron chi connectivity index (χ3n) is 3.53. The second-order valence-corrected chi connectivity index (χ2v) is 6.25. The monoisotopic (exact) mass is 364 g/mol. The average molecular weight is 366 g/mol. The minimum Gasteiger partial charge on any atom is -0.207 e. The van der Waals surface area contributed by atoms with Gasteiger partial charge < -0.3 is 0 Å². The highest BCUT2D eigenvalue weighted by Crippen LogP contribution is 2.37. The van der Waals surface area contributed by atoms with Crippen LogP contribution in [0.4, 0.5) is 4.39 Å². The van der Waals surface area contributed by atoms with Crippen molar-refractivity contribution in [1.29, 1.82) is 0 Å². The molecule has 0 spiro atoms. The Bertz CT molecular complexity index is 603. The van der Waals surface area contributed by atoms with Gasteiger partial charge in [-0.2, -0.15) is 0 Å². The fourth-order valence-corrected chi connectivity index (χ4v) is 3.59. The molecule has 2 aromatic rings. The lowest BCUT2D eigenvalue weighted by atomic mass is 9.78. The van der Waals surface area contributed by atoms with Gasteiger partial charge in [0.25, 0.3) is 0 Å². The Morgan fingerprint density at radius 1 is 0.857 bits per heavy atom. The van der Waals surface area contributed by atoms with Crippen LogP contribution >= 0.6 is 46.4 Å². The molecule has 0 unspecified atom stereocenters. The van der Waals surface area contributed by atoms with Crippen LogP contribution in [0.2, 0.25) is 10.0 Å². The molecule has 21 heavy (non-hydrogen) atoms. The van der Waals surface area contributed by atoms with Gasteiger partial charge in [0.2, 0.25) is 0 Å². The maximum absolute atomic E-state index is 14.2. The Hall–Kier alpha value is -0.470. The van der Waals surface area contributed by atoms with Crippen molar-refractivity contribution in [3.63, 3.8) is 0 Å². The first kappa shape index (κ1) is 16.9. The molecule has 0 aromatic heterocycles. The molecule has 0 N–H and O–H groups in total. The van der Waals surface area contributed by atoms with E-state index in [2.05, 4.69) is 0 Å². The molecular formula is C16H13Cl4F. The van der Waals surface area contributed by atoms with E-state index in [1.807, 2.05) is 0 Å². The van der Waals surface area contributed by atoms with Crippen LogP contribution < -0.4 is 0 Å². The van der Waals surface area contributed by atoms with E-state index in [9.17, 15) is 4.39 Å². The fourth-order valence-electron chi connectivity index (χ4n) is 2.30. The quantitative estimate of drug-likeness (QED) is 0.562. The average Bonchev–Trinajstić information content (AvgIpc) is 2.49. The summed E-state index contributed by atoms with van der Waals surface area (Å²) in [6, 6.07) is 11.8. The molecule has 0 aliphatic rings. The molecular weight excluding hydrogens is 353 g/mol. The predicted molar refractivity (Wildman–Crippen MR) is 89.7 cm³/mol. The van der Waals surface area contributed by atoms with Crippen LogP contribution in [0.1, 0.15) is 11.1 Å². The number of halogens is 5. The molecule has 2 aromatic carbocycles. The van der Waals surface area contributed by atoms with Gasteiger partial charge in [-0.25, -0.2) is 4.39 Å². The number of alkyl halides is 2. The summed E-state index contributed by atoms with van der Waals surface area (Å²) in [5.74, 6) is -0.000183. The standard InChI is InChI=1S/C16H13Cl4F/c17-9-16(10-18,12-4-1-2-7-15(12)21)8-11-13(19)5-3-6-14(11)20/h1-7H,8-10H2. The second-order valence-electron chi connectivity index (χ2n) is 4.90. The summed E-state index contributed by atoms with van der Waals surface area (Å²) in [6.45, 7) is 0. The molecule has 0 radical (unpaired) electrons. The maximum atomic E-state index is 14.2. The van der Waals surface area contributed by atoms with E-state index in [1.54, 1.807) is 36.4 Å². The first-order chi connectivity index (χ1) is 10.0. The summed E-state index contributed by atoms with van der Waals surface area (Å²) in [5, 5.41) is 1.05. The highest BCUT2D eigenvalue weighted by molar-refractivity contribution is 6.36. The molecule has 0 nitrogen and oxygen atoms in total. The molecule has 0 bridgehead atoms. The zero-order valence-electron chi connectivity index (χ0n) is 11.1. The Labute approximate surface area is 143 Å². The summed E-state index contributed by atoms with van der Waals surface area (Å²) >= 11 is 24.7. The maximum Gasteiger partial charge on any atom is 0.127 e. The smallest absolute Gasteiger partial charge is 0.127 e. The van der Waals surface area contributed by atoms with Crippen molar-refractivity contribution in [1.82, 2.24) is 0 Å². The van der Waals surface area contributed by atoms with Crippen molar-refractivity contribution in [2.24, 2.45) is 0 Å². The van der Waals surface area contributed by atoms with Crippen LogP contribution in [0.3, 0.4) is 0 Å². The van der Waals surface area contributed by atoms with Crippen molar-refractivity contribution in [2.45, 2.75) is 11.8 Å². The minimum absolute atomic E-state index is 0.166. The van der Waals surface area contributed by atoms with E-state index in [0.29, 0.717) is 22.0 Å². The van der Waals surface area contributed by atoms with Gasteiger partial charge in [0.15, 0.2) is 0 Å². The van der Waals surface area contributed by atoms with Crippen LogP contribution in [-0.2, 0) is 11.8 Å². The van der Waals surface area contributed by atoms with Crippen molar-refractivity contribution in [2.75, 3.05) is 11.8 Å². The SMILES string of the molecule is Fc1ccccc1C(CCl)(CCl)Cc1c(Cl)cccc1Cl. The highest BCUT2D eigenvalue weighted by Gasteiger charge is 2.34. The molecule has 0 fully saturated rings. The lowest BCUT2D eigenvalue weighted by Gasteiger charge is -2.31. The molecule has 0 amide bonds. The second kappa shape index (κ2) is 7.19. The van der Waals surface area contributed by atoms with Gasteiger partial charge in [-0.1, -0.05) is 47.5 Å². The third kappa shape index (κ3) is 3.48. The lowest BCUT2D eigenvalue weighted by Crippen LogP contribution is -2.34. The van der Waals surface area contributed by atoms with Crippen LogP contribution in [0, 0.1) is 5.82 Å². The summed E-state index contributed by atoms with van der Waals surface area (Å²) in [5.41, 5.74) is 0.444. The Morgan fingerprint density at radius 2 is 1.43 bits per heavy atom. The zero-order valence-corrected chi connectivity index (χ0v) is 14.1. The minimum atomic E-state index is -0.761. The Kier molecular flexibility index (Phi) is 5.79. The zero-order chi connectivity index (χ0) is 15.5. The van der Waals surface area contributed by atoms with Crippen molar-refractivity contribution in [3.05, 3.63) is 69.5 Å². The summed E-state index contributed by atoms with van der Waals surface area (Å²) in [6.07, 6.45) is 0.374. The summed E-state index contributed by atoms with van der Waals surface area (Å²) < 4.78 is 14.2. The van der Waals surface area contributed by atoms with Crippen LogP contribution in [-0.4, -0.2) is 11.8 Å². The van der Waals surface area contributed by atoms with E-state index in [4.69, 9.17) is 46.4 Å². The fraction of sp³-hybridized carbons (Fsp3) is 0.250. The van der Waals surface area contributed by atoms with E-state index in [-0.39, 0.29) is 17.6 Å². The molecule has 5 heteroatoms. The van der Waals surface area contributed by atoms with E-state index >= 15 is 0 Å². The van der Waals surface area contributed by atoms with Gasteiger partial charge in [-0.05, 0) is 35.7 Å². The molecule has 0 saturated carbocycles. The molecule has 0 aliphatic heterocycles. The van der Waals surface area contributed by atoms with Gasteiger partial charge in [0.1, 0.15) is 5.82 Å². The van der Waals surface area contributed by atoms with Crippen LogP contribution in [0.15, 0.2) is 42.5 Å². The number of hydrogen-bond donors (Lipinski definition) is 0. The number of benzene rings is 2. The van der Waals surface area contributed by atoms with E-state index in [1.165, 1.54) is 6.07 Å². The lowest BCUT2D eigenvalue weighted by molar-refractivity contribution is 0.491. The predicted octanol–water partition coefficient (Wildman–Crippen LogP) is 6.09.